The van der Waals surface area contributed by atoms with Gasteiger partial charge in [0.05, 0.1) is 0 Å². The summed E-state index contributed by atoms with van der Waals surface area (Å²) in [6.45, 7) is 0. The van der Waals surface area contributed by atoms with Crippen LogP contribution in [0, 0.1) is 0 Å². The number of carboxylic acids is 1. The van der Waals surface area contributed by atoms with Crippen LogP contribution in [0.3, 0.4) is 0 Å². The van der Waals surface area contributed by atoms with Crippen molar-refractivity contribution in [2.45, 2.75) is 18.9 Å². The van der Waals surface area contributed by atoms with Crippen LogP contribution in [0.1, 0.15) is 12.0 Å². The topological polar surface area (TPSA) is 63.3 Å². The van der Waals surface area contributed by atoms with Crippen LogP contribution in [0.25, 0.3) is 0 Å². The molecule has 0 aliphatic carbocycles. The number of benzene rings is 1. The number of aliphatic carboxylic acids is 1. The Morgan fingerprint density at radius 2 is 1.93 bits per heavy atom. The highest BCUT2D eigenvalue weighted by atomic mass is 35.5. The summed E-state index contributed by atoms with van der Waals surface area (Å²) in [5, 5.41) is 8.54. The normalized spacial score (nSPS) is 11.5. The zero-order valence-corrected chi connectivity index (χ0v) is 8.54. The smallest absolute Gasteiger partial charge is 0.320 e. The van der Waals surface area contributed by atoms with Crippen LogP contribution in [0.15, 0.2) is 30.3 Å². The van der Waals surface area contributed by atoms with Crippen molar-refractivity contribution in [1.82, 2.24) is 0 Å². The third-order valence-electron chi connectivity index (χ3n) is 1.90. The van der Waals surface area contributed by atoms with E-state index in [1.165, 1.54) is 0 Å². The second kappa shape index (κ2) is 6.40. The van der Waals surface area contributed by atoms with Gasteiger partial charge in [0.2, 0.25) is 0 Å². The van der Waals surface area contributed by atoms with E-state index < -0.39 is 12.0 Å². The molecular formula is C10H14ClNO2. The van der Waals surface area contributed by atoms with Gasteiger partial charge in [-0.25, -0.2) is 0 Å². The molecule has 1 rings (SSSR count). The summed E-state index contributed by atoms with van der Waals surface area (Å²) in [4.78, 5) is 10.4. The summed E-state index contributed by atoms with van der Waals surface area (Å²) < 4.78 is 0. The average Bonchev–Trinajstić information content (AvgIpc) is 2.15. The van der Waals surface area contributed by atoms with Crippen LogP contribution in [-0.2, 0) is 11.2 Å². The first-order valence-electron chi connectivity index (χ1n) is 4.22. The van der Waals surface area contributed by atoms with Crippen LogP contribution in [0.2, 0.25) is 0 Å². The molecule has 0 radical (unpaired) electrons. The predicted octanol–water partition coefficient (Wildman–Crippen LogP) is 1.45. The maximum absolute atomic E-state index is 10.4. The summed E-state index contributed by atoms with van der Waals surface area (Å²) in [6, 6.07) is 8.98. The van der Waals surface area contributed by atoms with E-state index in [1.807, 2.05) is 30.3 Å². The molecule has 0 heterocycles. The van der Waals surface area contributed by atoms with Gasteiger partial charge in [-0.2, -0.15) is 0 Å². The van der Waals surface area contributed by atoms with E-state index in [0.29, 0.717) is 12.8 Å². The van der Waals surface area contributed by atoms with Gasteiger partial charge >= 0.3 is 5.97 Å². The van der Waals surface area contributed by atoms with Crippen LogP contribution >= 0.6 is 12.4 Å². The monoisotopic (exact) mass is 215 g/mol. The summed E-state index contributed by atoms with van der Waals surface area (Å²) in [5.41, 5.74) is 6.49. The molecule has 1 aromatic rings. The summed E-state index contributed by atoms with van der Waals surface area (Å²) >= 11 is 0. The third-order valence-corrected chi connectivity index (χ3v) is 1.90. The fraction of sp³-hybridized carbons (Fsp3) is 0.300. The lowest BCUT2D eigenvalue weighted by Crippen LogP contribution is -2.30. The van der Waals surface area contributed by atoms with Crippen molar-refractivity contribution < 1.29 is 9.90 Å². The molecule has 1 aromatic carbocycles. The first-order valence-corrected chi connectivity index (χ1v) is 4.22. The molecule has 0 spiro atoms. The number of rotatable bonds is 4. The van der Waals surface area contributed by atoms with E-state index in [9.17, 15) is 4.79 Å². The van der Waals surface area contributed by atoms with E-state index in [1.54, 1.807) is 0 Å². The van der Waals surface area contributed by atoms with E-state index in [2.05, 4.69) is 0 Å². The van der Waals surface area contributed by atoms with E-state index >= 15 is 0 Å². The quantitative estimate of drug-likeness (QED) is 0.799. The summed E-state index contributed by atoms with van der Waals surface area (Å²) in [5.74, 6) is -0.934. The highest BCUT2D eigenvalue weighted by molar-refractivity contribution is 5.85. The standard InChI is InChI=1S/C10H13NO2.ClH/c11-9(10(12)13)7-6-8-4-2-1-3-5-8;/h1-5,9H,6-7,11H2,(H,12,13);1H/t9-;/m0./s1. The molecule has 0 unspecified atom stereocenters. The molecule has 0 amide bonds. The molecule has 0 aliphatic heterocycles. The van der Waals surface area contributed by atoms with Gasteiger partial charge in [0, 0.05) is 0 Å². The van der Waals surface area contributed by atoms with Crippen molar-refractivity contribution in [3.8, 4) is 0 Å². The van der Waals surface area contributed by atoms with Crippen LogP contribution in [0.4, 0.5) is 0 Å². The molecule has 0 saturated carbocycles. The molecular weight excluding hydrogens is 202 g/mol. The Morgan fingerprint density at radius 3 is 2.43 bits per heavy atom. The lowest BCUT2D eigenvalue weighted by molar-refractivity contribution is -0.138. The molecule has 1 atom stereocenters. The Kier molecular flexibility index (Phi) is 5.92. The number of nitrogens with two attached hydrogens (primary N) is 1. The maximum Gasteiger partial charge on any atom is 0.320 e. The van der Waals surface area contributed by atoms with Crippen LogP contribution in [-0.4, -0.2) is 17.1 Å². The molecule has 78 valence electrons. The SMILES string of the molecule is Cl.N[C@@H](CCc1ccccc1)C(=O)O. The molecule has 0 bridgehead atoms. The number of hydrogen-bond acceptors (Lipinski definition) is 2. The van der Waals surface area contributed by atoms with Crippen molar-refractivity contribution in [3.63, 3.8) is 0 Å². The van der Waals surface area contributed by atoms with Gasteiger partial charge in [0.15, 0.2) is 0 Å². The Morgan fingerprint density at radius 1 is 1.36 bits per heavy atom. The highest BCUT2D eigenvalue weighted by Gasteiger charge is 2.10. The van der Waals surface area contributed by atoms with Gasteiger partial charge in [-0.1, -0.05) is 30.3 Å². The molecule has 0 aromatic heterocycles. The minimum Gasteiger partial charge on any atom is -0.480 e. The van der Waals surface area contributed by atoms with Gasteiger partial charge in [-0.05, 0) is 18.4 Å². The second-order valence-corrected chi connectivity index (χ2v) is 2.97. The molecule has 0 fully saturated rings. The molecule has 3 nitrogen and oxygen atoms in total. The zero-order valence-electron chi connectivity index (χ0n) is 7.72. The number of aryl methyl sites for hydroxylation is 1. The lowest BCUT2D eigenvalue weighted by atomic mass is 10.1. The zero-order chi connectivity index (χ0) is 9.68. The lowest BCUT2D eigenvalue weighted by Gasteiger charge is -2.05. The Bertz CT molecular complexity index is 277. The number of carboxylic acid groups (broad SMARTS) is 1. The second-order valence-electron chi connectivity index (χ2n) is 2.97. The van der Waals surface area contributed by atoms with Crippen molar-refractivity contribution in [2.75, 3.05) is 0 Å². The van der Waals surface area contributed by atoms with Crippen LogP contribution < -0.4 is 5.73 Å². The average molecular weight is 216 g/mol. The van der Waals surface area contributed by atoms with Crippen molar-refractivity contribution in [2.24, 2.45) is 5.73 Å². The maximum atomic E-state index is 10.4. The Labute approximate surface area is 89.3 Å². The largest absolute Gasteiger partial charge is 0.480 e. The van der Waals surface area contributed by atoms with Crippen molar-refractivity contribution in [1.29, 1.82) is 0 Å². The number of hydrogen-bond donors (Lipinski definition) is 2. The van der Waals surface area contributed by atoms with Crippen molar-refractivity contribution in [3.05, 3.63) is 35.9 Å². The molecule has 0 aliphatic rings. The molecule has 0 saturated heterocycles. The van der Waals surface area contributed by atoms with Gasteiger partial charge in [-0.3, -0.25) is 4.79 Å². The minimum atomic E-state index is -0.934. The van der Waals surface area contributed by atoms with Gasteiger partial charge in [0.1, 0.15) is 6.04 Å². The Balaban J connectivity index is 0.00000169. The van der Waals surface area contributed by atoms with Gasteiger partial charge < -0.3 is 10.8 Å². The number of carbonyl (C=O) groups is 1. The van der Waals surface area contributed by atoms with Gasteiger partial charge in [0.25, 0.3) is 0 Å². The highest BCUT2D eigenvalue weighted by Crippen LogP contribution is 2.03. The summed E-state index contributed by atoms with van der Waals surface area (Å²) in [6.07, 6.45) is 1.20. The van der Waals surface area contributed by atoms with E-state index in [-0.39, 0.29) is 12.4 Å². The van der Waals surface area contributed by atoms with E-state index in [4.69, 9.17) is 10.8 Å². The van der Waals surface area contributed by atoms with Gasteiger partial charge in [-0.15, -0.1) is 12.4 Å². The number of halogens is 1. The minimum absolute atomic E-state index is 0. The van der Waals surface area contributed by atoms with E-state index in [0.717, 1.165) is 5.56 Å². The first kappa shape index (κ1) is 12.9. The predicted molar refractivity (Wildman–Crippen MR) is 57.6 cm³/mol. The summed E-state index contributed by atoms with van der Waals surface area (Å²) in [7, 11) is 0. The third kappa shape index (κ3) is 4.25. The van der Waals surface area contributed by atoms with Crippen LogP contribution in [0.5, 0.6) is 0 Å². The Hall–Kier alpha value is -1.06. The molecule has 4 heteroatoms. The molecule has 14 heavy (non-hydrogen) atoms. The van der Waals surface area contributed by atoms with Crippen molar-refractivity contribution >= 4 is 18.4 Å². The fourth-order valence-electron chi connectivity index (χ4n) is 1.09. The fourth-order valence-corrected chi connectivity index (χ4v) is 1.09. The first-order chi connectivity index (χ1) is 6.20. The molecule has 3 N–H and O–H groups in total.